The molecule has 4 amide bonds. The number of benzene rings is 3. The van der Waals surface area contributed by atoms with Crippen LogP contribution in [0, 0.1) is 24.4 Å². The third-order valence-corrected chi connectivity index (χ3v) is 6.57. The van der Waals surface area contributed by atoms with Gasteiger partial charge >= 0.3 is 0 Å². The Morgan fingerprint density at radius 3 is 2.37 bits per heavy atom. The van der Waals surface area contributed by atoms with E-state index in [1.165, 1.54) is 25.3 Å². The molecule has 3 aromatic carbocycles. The van der Waals surface area contributed by atoms with Gasteiger partial charge in [0.1, 0.15) is 6.54 Å². The van der Waals surface area contributed by atoms with Crippen molar-refractivity contribution in [1.29, 1.82) is 0 Å². The maximum atomic E-state index is 13.8. The fraction of sp³-hybridized carbons (Fsp3) is 0.143. The summed E-state index contributed by atoms with van der Waals surface area (Å²) in [5, 5.41) is 3.97. The molecule has 9 nitrogen and oxygen atoms in total. The monoisotopic (exact) mass is 585 g/mol. The Hall–Kier alpha value is -4.78. The average Bonchev–Trinajstić information content (AvgIpc) is 3.20. The molecule has 0 aromatic heterocycles. The maximum Gasteiger partial charge on any atom is 0.294 e. The van der Waals surface area contributed by atoms with Crippen molar-refractivity contribution in [2.75, 3.05) is 30.9 Å². The Bertz CT molecular complexity index is 1560. The smallest absolute Gasteiger partial charge is 0.294 e. The third kappa shape index (κ3) is 7.06. The molecule has 0 saturated carbocycles. The first-order valence-corrected chi connectivity index (χ1v) is 12.7. The van der Waals surface area contributed by atoms with Gasteiger partial charge in [-0.1, -0.05) is 23.8 Å². The van der Waals surface area contributed by atoms with Crippen LogP contribution in [0.2, 0.25) is 0 Å². The molecule has 212 valence electrons. The number of nitrogens with one attached hydrogen (secondary N) is 2. The van der Waals surface area contributed by atoms with Crippen molar-refractivity contribution >= 4 is 52.2 Å². The number of amides is 4. The van der Waals surface area contributed by atoms with Gasteiger partial charge in [-0.15, -0.1) is 0 Å². The highest BCUT2D eigenvalue weighted by molar-refractivity contribution is 8.18. The largest absolute Gasteiger partial charge is 0.493 e. The standard InChI is InChI=1S/C28H22F3N3O6S/c1-15-3-6-17(7-4-15)32-24(36)14-40-20-10-5-16(11-21(20)39-2)12-22-27(37)34(28(38)41-22)13-23(35)33-19-9-8-18(29)25(30)26(19)31/h3-12H,13-14H2,1-2H3,(H,32,36)(H,33,35)/b22-12+. The van der Waals surface area contributed by atoms with E-state index in [1.807, 2.05) is 24.4 Å². The molecule has 0 bridgehead atoms. The van der Waals surface area contributed by atoms with Gasteiger partial charge in [0.25, 0.3) is 17.1 Å². The van der Waals surface area contributed by atoms with Crippen LogP contribution in [-0.2, 0) is 14.4 Å². The molecule has 0 atom stereocenters. The van der Waals surface area contributed by atoms with Gasteiger partial charge in [-0.25, -0.2) is 13.2 Å². The SMILES string of the molecule is COc1cc(/C=C2/SC(=O)N(CC(=O)Nc3ccc(F)c(F)c3F)C2=O)ccc1OCC(=O)Nc1ccc(C)cc1. The number of ether oxygens (including phenoxy) is 2. The fourth-order valence-electron chi connectivity index (χ4n) is 3.61. The number of halogens is 3. The lowest BCUT2D eigenvalue weighted by molar-refractivity contribution is -0.127. The van der Waals surface area contributed by atoms with Crippen LogP contribution in [0.4, 0.5) is 29.3 Å². The molecule has 2 N–H and O–H groups in total. The molecule has 0 spiro atoms. The van der Waals surface area contributed by atoms with E-state index in [2.05, 4.69) is 5.32 Å². The molecule has 0 radical (unpaired) electrons. The minimum atomic E-state index is -1.77. The average molecular weight is 586 g/mol. The summed E-state index contributed by atoms with van der Waals surface area (Å²) in [5.41, 5.74) is 1.49. The summed E-state index contributed by atoms with van der Waals surface area (Å²) < 4.78 is 51.3. The van der Waals surface area contributed by atoms with Crippen molar-refractivity contribution in [2.24, 2.45) is 0 Å². The highest BCUT2D eigenvalue weighted by atomic mass is 32.2. The number of hydrogen-bond donors (Lipinski definition) is 2. The van der Waals surface area contributed by atoms with E-state index in [4.69, 9.17) is 9.47 Å². The fourth-order valence-corrected chi connectivity index (χ4v) is 4.45. The summed E-state index contributed by atoms with van der Waals surface area (Å²) in [5.74, 6) is -6.45. The second kappa shape index (κ2) is 12.6. The van der Waals surface area contributed by atoms with Gasteiger partial charge in [-0.05, 0) is 66.7 Å². The number of rotatable bonds is 9. The van der Waals surface area contributed by atoms with E-state index in [1.54, 1.807) is 18.2 Å². The molecule has 1 fully saturated rings. The van der Waals surface area contributed by atoms with E-state index in [-0.39, 0.29) is 28.9 Å². The quantitative estimate of drug-likeness (QED) is 0.265. The topological polar surface area (TPSA) is 114 Å². The van der Waals surface area contributed by atoms with Crippen LogP contribution in [0.5, 0.6) is 11.5 Å². The van der Waals surface area contributed by atoms with Gasteiger partial charge < -0.3 is 20.1 Å². The first kappa shape index (κ1) is 29.2. The number of aryl methyl sites for hydroxylation is 1. The molecule has 3 aromatic rings. The van der Waals surface area contributed by atoms with Crippen molar-refractivity contribution in [2.45, 2.75) is 6.92 Å². The Labute approximate surface area is 236 Å². The highest BCUT2D eigenvalue weighted by Crippen LogP contribution is 2.34. The molecule has 13 heteroatoms. The minimum absolute atomic E-state index is 0.00463. The summed E-state index contributed by atoms with van der Waals surface area (Å²) in [6, 6.07) is 13.3. The summed E-state index contributed by atoms with van der Waals surface area (Å²) in [4.78, 5) is 50.4. The molecule has 4 rings (SSSR count). The zero-order valence-electron chi connectivity index (χ0n) is 21.6. The van der Waals surface area contributed by atoms with Crippen LogP contribution in [0.15, 0.2) is 59.5 Å². The summed E-state index contributed by atoms with van der Waals surface area (Å²) >= 11 is 0.576. The number of carbonyl (C=O) groups is 4. The maximum absolute atomic E-state index is 13.8. The number of imide groups is 1. The minimum Gasteiger partial charge on any atom is -0.493 e. The molecule has 0 aliphatic carbocycles. The predicted octanol–water partition coefficient (Wildman–Crippen LogP) is 5.11. The Morgan fingerprint density at radius 2 is 1.66 bits per heavy atom. The van der Waals surface area contributed by atoms with Crippen molar-refractivity contribution in [3.63, 3.8) is 0 Å². The van der Waals surface area contributed by atoms with Gasteiger partial charge in [0.15, 0.2) is 35.6 Å². The van der Waals surface area contributed by atoms with Gasteiger partial charge in [0.05, 0.1) is 17.7 Å². The van der Waals surface area contributed by atoms with Crippen molar-refractivity contribution < 1.29 is 41.8 Å². The van der Waals surface area contributed by atoms with Gasteiger partial charge in [0.2, 0.25) is 5.91 Å². The number of hydrogen-bond acceptors (Lipinski definition) is 7. The van der Waals surface area contributed by atoms with E-state index in [0.717, 1.165) is 11.6 Å². The molecular weight excluding hydrogens is 563 g/mol. The second-order valence-corrected chi connectivity index (χ2v) is 9.65. The molecule has 41 heavy (non-hydrogen) atoms. The van der Waals surface area contributed by atoms with Gasteiger partial charge in [0, 0.05) is 5.69 Å². The highest BCUT2D eigenvalue weighted by Gasteiger charge is 2.36. The Morgan fingerprint density at radius 1 is 0.927 bits per heavy atom. The number of thioether (sulfide) groups is 1. The summed E-state index contributed by atoms with van der Waals surface area (Å²) in [6.07, 6.45) is 1.40. The lowest BCUT2D eigenvalue weighted by atomic mass is 10.2. The number of anilines is 2. The van der Waals surface area contributed by atoms with Crippen molar-refractivity contribution in [1.82, 2.24) is 4.90 Å². The molecule has 1 saturated heterocycles. The molecule has 1 aliphatic heterocycles. The van der Waals surface area contributed by atoms with Gasteiger partial charge in [-0.2, -0.15) is 0 Å². The lowest BCUT2D eigenvalue weighted by Crippen LogP contribution is -2.36. The predicted molar refractivity (Wildman–Crippen MR) is 146 cm³/mol. The molecule has 0 unspecified atom stereocenters. The Kier molecular flexibility index (Phi) is 8.97. The van der Waals surface area contributed by atoms with Crippen LogP contribution in [-0.4, -0.2) is 48.1 Å². The first-order chi connectivity index (χ1) is 19.5. The lowest BCUT2D eigenvalue weighted by Gasteiger charge is -2.13. The van der Waals surface area contributed by atoms with E-state index >= 15 is 0 Å². The third-order valence-electron chi connectivity index (χ3n) is 5.66. The van der Waals surface area contributed by atoms with E-state index in [9.17, 15) is 32.3 Å². The number of carbonyl (C=O) groups excluding carboxylic acids is 4. The Balaban J connectivity index is 1.39. The van der Waals surface area contributed by atoms with Crippen LogP contribution >= 0.6 is 11.8 Å². The second-order valence-electron chi connectivity index (χ2n) is 8.65. The van der Waals surface area contributed by atoms with Gasteiger partial charge in [-0.3, -0.25) is 24.1 Å². The van der Waals surface area contributed by atoms with Crippen LogP contribution in [0.25, 0.3) is 6.08 Å². The van der Waals surface area contributed by atoms with Crippen molar-refractivity contribution in [3.8, 4) is 11.5 Å². The van der Waals surface area contributed by atoms with Crippen molar-refractivity contribution in [3.05, 3.63) is 88.1 Å². The molecular formula is C28H22F3N3O6S. The summed E-state index contributed by atoms with van der Waals surface area (Å²) in [7, 11) is 1.39. The van der Waals surface area contributed by atoms with Crippen LogP contribution in [0.3, 0.4) is 0 Å². The number of methoxy groups -OCH3 is 1. The number of nitrogens with zero attached hydrogens (tertiary/aromatic N) is 1. The van der Waals surface area contributed by atoms with E-state index in [0.29, 0.717) is 34.0 Å². The van der Waals surface area contributed by atoms with E-state index < -0.39 is 46.7 Å². The molecule has 1 heterocycles. The molecule has 1 aliphatic rings. The van der Waals surface area contributed by atoms with Crippen LogP contribution < -0.4 is 20.1 Å². The normalized spacial score (nSPS) is 13.9. The first-order valence-electron chi connectivity index (χ1n) is 11.9. The zero-order chi connectivity index (χ0) is 29.7. The summed E-state index contributed by atoms with van der Waals surface area (Å²) in [6.45, 7) is 0.861. The zero-order valence-corrected chi connectivity index (χ0v) is 22.4. The van der Waals surface area contributed by atoms with Crippen LogP contribution in [0.1, 0.15) is 11.1 Å².